The van der Waals surface area contributed by atoms with Gasteiger partial charge in [-0.25, -0.2) is 0 Å². The highest BCUT2D eigenvalue weighted by Crippen LogP contribution is 2.23. The van der Waals surface area contributed by atoms with E-state index in [0.717, 1.165) is 10.0 Å². The molecule has 0 aromatic heterocycles. The van der Waals surface area contributed by atoms with Gasteiger partial charge in [-0.2, -0.15) is 0 Å². The molecule has 0 heterocycles. The summed E-state index contributed by atoms with van der Waals surface area (Å²) < 4.78 is 0.791. The van der Waals surface area contributed by atoms with E-state index in [9.17, 15) is 9.59 Å². The number of carbonyl (C=O) groups is 2. The molecule has 0 radical (unpaired) electrons. The molecule has 0 bridgehead atoms. The Balaban J connectivity index is 2.65. The third kappa shape index (κ3) is 5.54. The molecule has 0 saturated heterocycles. The standard InChI is InChI=1S/C14H17BrN2O3/c1-3-6-17(9-14(19)20)8-13(18)16-12-5-4-10(2)7-11(12)15/h3-5,7H,1,6,8-9H2,2H3,(H,16,18)(H,19,20). The number of carbonyl (C=O) groups excluding carboxylic acids is 1. The molecule has 0 unspecified atom stereocenters. The monoisotopic (exact) mass is 340 g/mol. The molecule has 108 valence electrons. The summed E-state index contributed by atoms with van der Waals surface area (Å²) in [5, 5.41) is 11.5. The van der Waals surface area contributed by atoms with Crippen molar-refractivity contribution < 1.29 is 14.7 Å². The first-order valence-electron chi connectivity index (χ1n) is 6.03. The van der Waals surface area contributed by atoms with Crippen LogP contribution in [-0.2, 0) is 9.59 Å². The lowest BCUT2D eigenvalue weighted by Crippen LogP contribution is -2.37. The molecule has 1 aromatic carbocycles. The number of aryl methyl sites for hydroxylation is 1. The van der Waals surface area contributed by atoms with Crippen LogP contribution in [-0.4, -0.2) is 41.5 Å². The molecule has 5 nitrogen and oxygen atoms in total. The molecular formula is C14H17BrN2O3. The van der Waals surface area contributed by atoms with Crippen LogP contribution < -0.4 is 5.32 Å². The lowest BCUT2D eigenvalue weighted by molar-refractivity contribution is -0.138. The van der Waals surface area contributed by atoms with Gasteiger partial charge in [0.2, 0.25) is 5.91 Å². The molecule has 0 aliphatic heterocycles. The maximum atomic E-state index is 11.9. The largest absolute Gasteiger partial charge is 0.480 e. The van der Waals surface area contributed by atoms with E-state index < -0.39 is 5.97 Å². The number of nitrogens with one attached hydrogen (secondary N) is 1. The van der Waals surface area contributed by atoms with Crippen molar-refractivity contribution in [3.8, 4) is 0 Å². The first-order valence-corrected chi connectivity index (χ1v) is 6.82. The van der Waals surface area contributed by atoms with Crippen molar-refractivity contribution in [2.75, 3.05) is 25.0 Å². The van der Waals surface area contributed by atoms with Gasteiger partial charge in [-0.1, -0.05) is 12.1 Å². The van der Waals surface area contributed by atoms with Crippen LogP contribution in [0.4, 0.5) is 5.69 Å². The van der Waals surface area contributed by atoms with E-state index >= 15 is 0 Å². The maximum Gasteiger partial charge on any atom is 0.317 e. The number of nitrogens with zero attached hydrogens (tertiary/aromatic N) is 1. The van der Waals surface area contributed by atoms with Crippen molar-refractivity contribution in [2.45, 2.75) is 6.92 Å². The number of amides is 1. The van der Waals surface area contributed by atoms with E-state index in [2.05, 4.69) is 27.8 Å². The lowest BCUT2D eigenvalue weighted by Gasteiger charge is -2.18. The molecule has 0 spiro atoms. The van der Waals surface area contributed by atoms with Crippen LogP contribution in [0, 0.1) is 6.92 Å². The third-order valence-electron chi connectivity index (χ3n) is 2.51. The van der Waals surface area contributed by atoms with E-state index in [1.807, 2.05) is 19.1 Å². The number of carboxylic acid groups (broad SMARTS) is 1. The molecule has 2 N–H and O–H groups in total. The van der Waals surface area contributed by atoms with Gasteiger partial charge in [0, 0.05) is 11.0 Å². The minimum atomic E-state index is -0.976. The second kappa shape index (κ2) is 7.81. The highest BCUT2D eigenvalue weighted by atomic mass is 79.9. The zero-order valence-electron chi connectivity index (χ0n) is 11.2. The Morgan fingerprint density at radius 3 is 2.70 bits per heavy atom. The molecule has 1 amide bonds. The summed E-state index contributed by atoms with van der Waals surface area (Å²) in [6, 6.07) is 5.58. The predicted octanol–water partition coefficient (Wildman–Crippen LogP) is 2.27. The van der Waals surface area contributed by atoms with Crippen molar-refractivity contribution >= 4 is 33.5 Å². The topological polar surface area (TPSA) is 69.6 Å². The SMILES string of the molecule is C=CCN(CC(=O)O)CC(=O)Nc1ccc(C)cc1Br. The number of hydrogen-bond acceptors (Lipinski definition) is 3. The Kier molecular flexibility index (Phi) is 6.41. The first-order chi connectivity index (χ1) is 9.42. The summed E-state index contributed by atoms with van der Waals surface area (Å²) in [5.41, 5.74) is 1.74. The van der Waals surface area contributed by atoms with Gasteiger partial charge in [-0.3, -0.25) is 14.5 Å². The van der Waals surface area contributed by atoms with E-state index in [1.54, 1.807) is 12.1 Å². The van der Waals surface area contributed by atoms with Crippen LogP contribution in [0.1, 0.15) is 5.56 Å². The smallest absolute Gasteiger partial charge is 0.317 e. The van der Waals surface area contributed by atoms with Crippen molar-refractivity contribution in [2.24, 2.45) is 0 Å². The van der Waals surface area contributed by atoms with Crippen molar-refractivity contribution in [3.05, 3.63) is 40.9 Å². The van der Waals surface area contributed by atoms with E-state index in [4.69, 9.17) is 5.11 Å². The van der Waals surface area contributed by atoms with Crippen LogP contribution in [0.5, 0.6) is 0 Å². The Morgan fingerprint density at radius 2 is 2.15 bits per heavy atom. The quantitative estimate of drug-likeness (QED) is 0.747. The average molecular weight is 341 g/mol. The van der Waals surface area contributed by atoms with Gasteiger partial charge < -0.3 is 10.4 Å². The molecule has 0 aliphatic rings. The molecule has 1 rings (SSSR count). The number of rotatable bonds is 7. The fraction of sp³-hybridized carbons (Fsp3) is 0.286. The van der Waals surface area contributed by atoms with Crippen LogP contribution >= 0.6 is 15.9 Å². The second-order valence-corrected chi connectivity index (χ2v) is 5.24. The molecular weight excluding hydrogens is 324 g/mol. The zero-order valence-corrected chi connectivity index (χ0v) is 12.8. The summed E-state index contributed by atoms with van der Waals surface area (Å²) in [7, 11) is 0. The Labute approximate surface area is 126 Å². The maximum absolute atomic E-state index is 11.9. The molecule has 1 aromatic rings. The van der Waals surface area contributed by atoms with Gasteiger partial charge in [0.25, 0.3) is 0 Å². The van der Waals surface area contributed by atoms with Crippen molar-refractivity contribution in [1.82, 2.24) is 4.90 Å². The van der Waals surface area contributed by atoms with Crippen molar-refractivity contribution in [3.63, 3.8) is 0 Å². The molecule has 0 aliphatic carbocycles. The minimum absolute atomic E-state index is 0.00135. The summed E-state index contributed by atoms with van der Waals surface area (Å²) in [6.07, 6.45) is 1.57. The Hall–Kier alpha value is -1.66. The van der Waals surface area contributed by atoms with Crippen LogP contribution in [0.25, 0.3) is 0 Å². The Morgan fingerprint density at radius 1 is 1.45 bits per heavy atom. The summed E-state index contributed by atoms with van der Waals surface area (Å²) in [6.45, 7) is 5.64. The second-order valence-electron chi connectivity index (χ2n) is 4.38. The molecule has 0 saturated carbocycles. The van der Waals surface area contributed by atoms with E-state index in [-0.39, 0.29) is 19.0 Å². The summed E-state index contributed by atoms with van der Waals surface area (Å²) >= 11 is 3.37. The number of carboxylic acids is 1. The molecule has 0 atom stereocenters. The zero-order chi connectivity index (χ0) is 15.1. The van der Waals surface area contributed by atoms with Crippen LogP contribution in [0.15, 0.2) is 35.3 Å². The van der Waals surface area contributed by atoms with Gasteiger partial charge in [-0.15, -0.1) is 6.58 Å². The number of hydrogen-bond donors (Lipinski definition) is 2. The average Bonchev–Trinajstić information content (AvgIpc) is 2.32. The molecule has 6 heteroatoms. The fourth-order valence-corrected chi connectivity index (χ4v) is 2.27. The summed E-state index contributed by atoms with van der Waals surface area (Å²) in [4.78, 5) is 24.1. The highest BCUT2D eigenvalue weighted by Gasteiger charge is 2.13. The van der Waals surface area contributed by atoms with Gasteiger partial charge in [0.15, 0.2) is 0 Å². The lowest BCUT2D eigenvalue weighted by atomic mass is 10.2. The minimum Gasteiger partial charge on any atom is -0.480 e. The van der Waals surface area contributed by atoms with E-state index in [0.29, 0.717) is 12.2 Å². The molecule has 0 fully saturated rings. The predicted molar refractivity (Wildman–Crippen MR) is 81.8 cm³/mol. The fourth-order valence-electron chi connectivity index (χ4n) is 1.67. The number of benzene rings is 1. The number of halogens is 1. The number of aliphatic carboxylic acids is 1. The van der Waals surface area contributed by atoms with Gasteiger partial charge >= 0.3 is 5.97 Å². The van der Waals surface area contributed by atoms with Crippen molar-refractivity contribution in [1.29, 1.82) is 0 Å². The Bertz CT molecular complexity index is 517. The van der Waals surface area contributed by atoms with E-state index in [1.165, 1.54) is 4.90 Å². The summed E-state index contributed by atoms with van der Waals surface area (Å²) in [5.74, 6) is -1.24. The normalized spacial score (nSPS) is 10.3. The van der Waals surface area contributed by atoms with Gasteiger partial charge in [0.1, 0.15) is 0 Å². The van der Waals surface area contributed by atoms with Crippen LogP contribution in [0.2, 0.25) is 0 Å². The van der Waals surface area contributed by atoms with Gasteiger partial charge in [-0.05, 0) is 40.5 Å². The highest BCUT2D eigenvalue weighted by molar-refractivity contribution is 9.10. The molecule has 20 heavy (non-hydrogen) atoms. The first kappa shape index (κ1) is 16.4. The van der Waals surface area contributed by atoms with Crippen LogP contribution in [0.3, 0.4) is 0 Å². The van der Waals surface area contributed by atoms with Gasteiger partial charge in [0.05, 0.1) is 18.8 Å². The third-order valence-corrected chi connectivity index (χ3v) is 3.17. The number of anilines is 1.